The van der Waals surface area contributed by atoms with E-state index in [2.05, 4.69) is 62.2 Å². The fraction of sp³-hybridized carbons (Fsp3) is 0.500. The second-order valence-corrected chi connectivity index (χ2v) is 8.80. The lowest BCUT2D eigenvalue weighted by Gasteiger charge is -2.34. The topological polar surface area (TPSA) is 67.7 Å². The quantitative estimate of drug-likeness (QED) is 0.635. The largest absolute Gasteiger partial charge is 0.494 e. The van der Waals surface area contributed by atoms with Crippen molar-refractivity contribution in [3.8, 4) is 5.75 Å². The van der Waals surface area contributed by atoms with Gasteiger partial charge in [-0.1, -0.05) is 0 Å². The SMILES string of the molecule is COc1cc(N2CCN(C)CC2)ccc1Nc1ncc2ccn(CC3CCOCC3)c2n1. The molecule has 1 N–H and O–H groups in total. The lowest BCUT2D eigenvalue weighted by Crippen LogP contribution is -2.44. The van der Waals surface area contributed by atoms with Crippen LogP contribution in [0.3, 0.4) is 0 Å². The van der Waals surface area contributed by atoms with Crippen LogP contribution in [0.15, 0.2) is 36.7 Å². The van der Waals surface area contributed by atoms with Crippen LogP contribution < -0.4 is 15.0 Å². The molecule has 0 bridgehead atoms. The van der Waals surface area contributed by atoms with Crippen molar-refractivity contribution in [2.24, 2.45) is 5.92 Å². The van der Waals surface area contributed by atoms with Crippen molar-refractivity contribution in [1.82, 2.24) is 19.4 Å². The summed E-state index contributed by atoms with van der Waals surface area (Å²) in [5.41, 5.74) is 3.01. The van der Waals surface area contributed by atoms with Gasteiger partial charge in [0.25, 0.3) is 0 Å². The molecule has 0 spiro atoms. The highest BCUT2D eigenvalue weighted by atomic mass is 16.5. The van der Waals surface area contributed by atoms with Crippen molar-refractivity contribution in [2.75, 3.05) is 63.8 Å². The number of rotatable bonds is 6. The Hall–Kier alpha value is -2.84. The van der Waals surface area contributed by atoms with Gasteiger partial charge in [0.15, 0.2) is 0 Å². The highest BCUT2D eigenvalue weighted by Crippen LogP contribution is 2.32. The molecule has 170 valence electrons. The number of benzene rings is 1. The first-order valence-electron chi connectivity index (χ1n) is 11.5. The summed E-state index contributed by atoms with van der Waals surface area (Å²) in [4.78, 5) is 14.1. The molecule has 0 amide bonds. The maximum atomic E-state index is 5.69. The molecule has 8 heteroatoms. The number of ether oxygens (including phenoxy) is 2. The first-order valence-corrected chi connectivity index (χ1v) is 11.5. The van der Waals surface area contributed by atoms with Crippen LogP contribution in [0.2, 0.25) is 0 Å². The highest BCUT2D eigenvalue weighted by molar-refractivity contribution is 5.77. The van der Waals surface area contributed by atoms with Gasteiger partial charge in [-0.3, -0.25) is 0 Å². The molecule has 3 aromatic rings. The Morgan fingerprint density at radius 1 is 1.12 bits per heavy atom. The van der Waals surface area contributed by atoms with E-state index in [1.54, 1.807) is 7.11 Å². The Kier molecular flexibility index (Phi) is 6.14. The first-order chi connectivity index (χ1) is 15.7. The minimum Gasteiger partial charge on any atom is -0.494 e. The summed E-state index contributed by atoms with van der Waals surface area (Å²) < 4.78 is 13.4. The van der Waals surface area contributed by atoms with E-state index in [0.717, 1.165) is 81.2 Å². The maximum absolute atomic E-state index is 5.69. The van der Waals surface area contributed by atoms with Gasteiger partial charge in [0.2, 0.25) is 5.95 Å². The number of methoxy groups -OCH3 is 1. The van der Waals surface area contributed by atoms with Crippen LogP contribution in [0, 0.1) is 5.92 Å². The molecule has 0 atom stereocenters. The average Bonchev–Trinajstić information content (AvgIpc) is 3.22. The van der Waals surface area contributed by atoms with Gasteiger partial charge in [-0.05, 0) is 44.0 Å². The monoisotopic (exact) mass is 436 g/mol. The molecular weight excluding hydrogens is 404 g/mol. The summed E-state index contributed by atoms with van der Waals surface area (Å²) in [5.74, 6) is 2.01. The molecular formula is C24H32N6O2. The number of nitrogens with zero attached hydrogens (tertiary/aromatic N) is 5. The normalized spacial score (nSPS) is 18.2. The van der Waals surface area contributed by atoms with Crippen molar-refractivity contribution in [3.05, 3.63) is 36.7 Å². The van der Waals surface area contributed by atoms with Crippen LogP contribution in [0.4, 0.5) is 17.3 Å². The molecule has 32 heavy (non-hydrogen) atoms. The van der Waals surface area contributed by atoms with Gasteiger partial charge in [-0.25, -0.2) is 4.98 Å². The third kappa shape index (κ3) is 4.52. The van der Waals surface area contributed by atoms with Crippen molar-refractivity contribution in [1.29, 1.82) is 0 Å². The molecule has 8 nitrogen and oxygen atoms in total. The number of likely N-dealkylation sites (N-methyl/N-ethyl adjacent to an activating group) is 1. The molecule has 2 aliphatic rings. The van der Waals surface area contributed by atoms with Crippen molar-refractivity contribution in [2.45, 2.75) is 19.4 Å². The molecule has 0 saturated carbocycles. The summed E-state index contributed by atoms with van der Waals surface area (Å²) in [5, 5.41) is 4.42. The van der Waals surface area contributed by atoms with E-state index in [1.807, 2.05) is 6.20 Å². The van der Waals surface area contributed by atoms with Gasteiger partial charge >= 0.3 is 0 Å². The number of fused-ring (bicyclic) bond motifs is 1. The van der Waals surface area contributed by atoms with E-state index in [0.29, 0.717) is 11.9 Å². The van der Waals surface area contributed by atoms with Crippen molar-refractivity contribution < 1.29 is 9.47 Å². The molecule has 0 aliphatic carbocycles. The Bertz CT molecular complexity index is 1050. The Labute approximate surface area is 189 Å². The smallest absolute Gasteiger partial charge is 0.229 e. The predicted octanol–water partition coefficient (Wildman–Crippen LogP) is 3.36. The lowest BCUT2D eigenvalue weighted by molar-refractivity contribution is 0.0616. The molecule has 4 heterocycles. The molecule has 2 aliphatic heterocycles. The van der Waals surface area contributed by atoms with Crippen molar-refractivity contribution in [3.63, 3.8) is 0 Å². The zero-order chi connectivity index (χ0) is 21.9. The minimum atomic E-state index is 0.579. The molecule has 2 aromatic heterocycles. The van der Waals surface area contributed by atoms with Crippen LogP contribution in [-0.4, -0.2) is 73.0 Å². The van der Waals surface area contributed by atoms with E-state index in [4.69, 9.17) is 14.5 Å². The molecule has 0 unspecified atom stereocenters. The number of anilines is 3. The molecule has 0 radical (unpaired) electrons. The van der Waals surface area contributed by atoms with Crippen LogP contribution in [-0.2, 0) is 11.3 Å². The third-order valence-corrected chi connectivity index (χ3v) is 6.60. The van der Waals surface area contributed by atoms with Gasteiger partial charge in [0, 0.05) is 75.5 Å². The maximum Gasteiger partial charge on any atom is 0.229 e. The van der Waals surface area contributed by atoms with Gasteiger partial charge in [0.1, 0.15) is 11.4 Å². The third-order valence-electron chi connectivity index (χ3n) is 6.60. The van der Waals surface area contributed by atoms with Crippen LogP contribution in [0.25, 0.3) is 11.0 Å². The summed E-state index contributed by atoms with van der Waals surface area (Å²) in [6, 6.07) is 8.38. The number of piperazine rings is 1. The second kappa shape index (κ2) is 9.34. The second-order valence-electron chi connectivity index (χ2n) is 8.80. The summed E-state index contributed by atoms with van der Waals surface area (Å²) >= 11 is 0. The van der Waals surface area contributed by atoms with E-state index < -0.39 is 0 Å². The minimum absolute atomic E-state index is 0.579. The first kappa shape index (κ1) is 21.0. The highest BCUT2D eigenvalue weighted by Gasteiger charge is 2.18. The molecule has 2 fully saturated rings. The van der Waals surface area contributed by atoms with Crippen LogP contribution in [0.5, 0.6) is 5.75 Å². The van der Waals surface area contributed by atoms with Gasteiger partial charge < -0.3 is 29.2 Å². The summed E-state index contributed by atoms with van der Waals surface area (Å²) in [6.07, 6.45) is 6.21. The molecule has 5 rings (SSSR count). The fourth-order valence-corrected chi connectivity index (χ4v) is 4.55. The van der Waals surface area contributed by atoms with E-state index in [9.17, 15) is 0 Å². The average molecular weight is 437 g/mol. The van der Waals surface area contributed by atoms with Gasteiger partial charge in [0.05, 0.1) is 12.8 Å². The van der Waals surface area contributed by atoms with E-state index in [-0.39, 0.29) is 0 Å². The van der Waals surface area contributed by atoms with Crippen molar-refractivity contribution >= 4 is 28.4 Å². The Morgan fingerprint density at radius 3 is 2.72 bits per heavy atom. The number of hydrogen-bond donors (Lipinski definition) is 1. The fourth-order valence-electron chi connectivity index (χ4n) is 4.55. The zero-order valence-electron chi connectivity index (χ0n) is 19.0. The van der Waals surface area contributed by atoms with Gasteiger partial charge in [-0.15, -0.1) is 0 Å². The van der Waals surface area contributed by atoms with Crippen LogP contribution >= 0.6 is 0 Å². The molecule has 1 aromatic carbocycles. The number of aromatic nitrogens is 3. The number of hydrogen-bond acceptors (Lipinski definition) is 7. The lowest BCUT2D eigenvalue weighted by atomic mass is 10.0. The zero-order valence-corrected chi connectivity index (χ0v) is 19.0. The molecule has 2 saturated heterocycles. The van der Waals surface area contributed by atoms with E-state index in [1.165, 1.54) is 5.69 Å². The number of nitrogens with one attached hydrogen (secondary N) is 1. The van der Waals surface area contributed by atoms with Crippen LogP contribution in [0.1, 0.15) is 12.8 Å². The van der Waals surface area contributed by atoms with Gasteiger partial charge in [-0.2, -0.15) is 4.98 Å². The standard InChI is InChI=1S/C24H32N6O2/c1-28-9-11-29(12-10-28)20-3-4-21(22(15-20)31-2)26-24-25-16-19-5-8-30(23(19)27-24)17-18-6-13-32-14-7-18/h3-5,8,15-16,18H,6-7,9-14,17H2,1-2H3,(H,25,26,27). The predicted molar refractivity (Wildman–Crippen MR) is 127 cm³/mol. The Balaban J connectivity index is 1.34. The summed E-state index contributed by atoms with van der Waals surface area (Å²) in [6.45, 7) is 6.87. The summed E-state index contributed by atoms with van der Waals surface area (Å²) in [7, 11) is 3.87. The van der Waals surface area contributed by atoms with E-state index >= 15 is 0 Å². The Morgan fingerprint density at radius 2 is 1.94 bits per heavy atom.